The molecule has 3 rings (SSSR count). The maximum atomic E-state index is 12.5. The molecular weight excluding hydrogens is 321 g/mol. The highest BCUT2D eigenvalue weighted by Crippen LogP contribution is 2.46. The van der Waals surface area contributed by atoms with Crippen LogP contribution >= 0.6 is 0 Å². The Balaban J connectivity index is 1.86. The number of ether oxygens (including phenoxy) is 1. The van der Waals surface area contributed by atoms with E-state index in [1.165, 1.54) is 0 Å². The molecule has 2 unspecified atom stereocenters. The van der Waals surface area contributed by atoms with E-state index in [0.717, 1.165) is 24.1 Å². The molecule has 0 aromatic heterocycles. The second-order valence-electron chi connectivity index (χ2n) is 7.22. The lowest BCUT2D eigenvalue weighted by Crippen LogP contribution is -2.53. The number of para-hydroxylation sites is 1. The zero-order chi connectivity index (χ0) is 17.7. The van der Waals surface area contributed by atoms with Crippen molar-refractivity contribution in [1.29, 1.82) is 0 Å². The van der Waals surface area contributed by atoms with E-state index >= 15 is 0 Å². The molecule has 0 spiro atoms. The van der Waals surface area contributed by atoms with E-state index in [-0.39, 0.29) is 11.3 Å². The summed E-state index contributed by atoms with van der Waals surface area (Å²) in [5.41, 5.74) is 7.84. The summed E-state index contributed by atoms with van der Waals surface area (Å²) in [5, 5.41) is 0. The average Bonchev–Trinajstić information content (AvgIpc) is 3.26. The molecule has 1 aliphatic heterocycles. The molecule has 4 nitrogen and oxygen atoms in total. The Morgan fingerprint density at radius 2 is 1.96 bits per heavy atom. The SMILES string of the molecule is CC1(C)CN(C(C2CC2)C(N)OC(=O)C(F)(F)F)c2ccccc21. The van der Waals surface area contributed by atoms with Crippen molar-refractivity contribution in [3.63, 3.8) is 0 Å². The Bertz CT molecular complexity index is 641. The zero-order valence-electron chi connectivity index (χ0n) is 13.6. The number of rotatable bonds is 4. The third kappa shape index (κ3) is 3.09. The van der Waals surface area contributed by atoms with Gasteiger partial charge in [-0.1, -0.05) is 32.0 Å². The number of carbonyl (C=O) groups is 1. The topological polar surface area (TPSA) is 55.6 Å². The lowest BCUT2D eigenvalue weighted by Gasteiger charge is -2.35. The summed E-state index contributed by atoms with van der Waals surface area (Å²) in [6.45, 7) is 4.80. The number of anilines is 1. The smallest absolute Gasteiger partial charge is 0.438 e. The summed E-state index contributed by atoms with van der Waals surface area (Å²) in [6.07, 6.45) is -4.59. The Morgan fingerprint density at radius 3 is 2.54 bits per heavy atom. The molecule has 2 N–H and O–H groups in total. The standard InChI is InChI=1S/C17H21F3N2O2/c1-16(2)9-22(12-6-4-3-5-11(12)16)13(10-7-8-10)14(21)24-15(23)17(18,19)20/h3-6,10,13-14H,7-9,21H2,1-2H3. The minimum absolute atomic E-state index is 0.141. The van der Waals surface area contributed by atoms with E-state index in [1.54, 1.807) is 0 Å². The van der Waals surface area contributed by atoms with E-state index in [2.05, 4.69) is 18.6 Å². The Labute approximate surface area is 138 Å². The molecule has 0 amide bonds. The van der Waals surface area contributed by atoms with Crippen molar-refractivity contribution in [3.8, 4) is 0 Å². The number of halogens is 3. The first-order chi connectivity index (χ1) is 11.1. The maximum absolute atomic E-state index is 12.5. The Morgan fingerprint density at radius 1 is 1.33 bits per heavy atom. The molecule has 1 aromatic rings. The van der Waals surface area contributed by atoms with Crippen molar-refractivity contribution >= 4 is 11.7 Å². The quantitative estimate of drug-likeness (QED) is 0.675. The minimum atomic E-state index is -5.03. The predicted molar refractivity (Wildman–Crippen MR) is 83.4 cm³/mol. The molecular formula is C17H21F3N2O2. The second kappa shape index (κ2) is 5.65. The summed E-state index contributed by atoms with van der Waals surface area (Å²) in [6, 6.07) is 7.35. The van der Waals surface area contributed by atoms with Crippen molar-refractivity contribution in [2.45, 2.75) is 50.6 Å². The van der Waals surface area contributed by atoms with E-state index in [0.29, 0.717) is 6.54 Å². The van der Waals surface area contributed by atoms with Gasteiger partial charge in [0.05, 0.1) is 6.04 Å². The van der Waals surface area contributed by atoms with Crippen molar-refractivity contribution < 1.29 is 22.7 Å². The summed E-state index contributed by atoms with van der Waals surface area (Å²) >= 11 is 0. The maximum Gasteiger partial charge on any atom is 0.490 e. The zero-order valence-corrected chi connectivity index (χ0v) is 13.6. The number of benzene rings is 1. The molecule has 2 aliphatic rings. The molecule has 0 radical (unpaired) electrons. The van der Waals surface area contributed by atoms with Gasteiger partial charge in [0.15, 0.2) is 6.23 Å². The summed E-state index contributed by atoms with van der Waals surface area (Å²) in [5.74, 6) is -2.09. The third-order valence-electron chi connectivity index (χ3n) is 4.78. The van der Waals surface area contributed by atoms with Crippen molar-refractivity contribution in [2.75, 3.05) is 11.4 Å². The van der Waals surface area contributed by atoms with Gasteiger partial charge in [-0.15, -0.1) is 0 Å². The fourth-order valence-corrected chi connectivity index (χ4v) is 3.56. The molecule has 132 valence electrons. The first kappa shape index (κ1) is 17.1. The van der Waals surface area contributed by atoms with E-state index in [9.17, 15) is 18.0 Å². The molecule has 7 heteroatoms. The Kier molecular flexibility index (Phi) is 4.02. The summed E-state index contributed by atoms with van der Waals surface area (Å²) in [4.78, 5) is 13.2. The Hall–Kier alpha value is -1.76. The molecule has 1 fully saturated rings. The average molecular weight is 342 g/mol. The van der Waals surface area contributed by atoms with Crippen LogP contribution < -0.4 is 10.6 Å². The van der Waals surface area contributed by atoms with E-state index in [4.69, 9.17) is 5.73 Å². The van der Waals surface area contributed by atoms with Crippen LogP contribution in [0.2, 0.25) is 0 Å². The summed E-state index contributed by atoms with van der Waals surface area (Å²) in [7, 11) is 0. The molecule has 24 heavy (non-hydrogen) atoms. The molecule has 2 atom stereocenters. The van der Waals surface area contributed by atoms with Gasteiger partial charge in [0.2, 0.25) is 0 Å². The van der Waals surface area contributed by atoms with Gasteiger partial charge in [0.25, 0.3) is 0 Å². The van der Waals surface area contributed by atoms with Crippen LogP contribution in [0.5, 0.6) is 0 Å². The fourth-order valence-electron chi connectivity index (χ4n) is 3.56. The number of nitrogens with two attached hydrogens (primary N) is 1. The van der Waals surface area contributed by atoms with Crippen LogP contribution in [-0.4, -0.2) is 31.0 Å². The monoisotopic (exact) mass is 342 g/mol. The lowest BCUT2D eigenvalue weighted by molar-refractivity contribution is -0.205. The fraction of sp³-hybridized carbons (Fsp3) is 0.588. The van der Waals surface area contributed by atoms with Crippen LogP contribution in [0.25, 0.3) is 0 Å². The first-order valence-corrected chi connectivity index (χ1v) is 8.01. The number of hydrogen-bond donors (Lipinski definition) is 1. The first-order valence-electron chi connectivity index (χ1n) is 8.01. The molecule has 0 bridgehead atoms. The van der Waals surface area contributed by atoms with Crippen LogP contribution in [0.3, 0.4) is 0 Å². The number of fused-ring (bicyclic) bond motifs is 1. The van der Waals surface area contributed by atoms with Crippen LogP contribution in [0, 0.1) is 5.92 Å². The highest BCUT2D eigenvalue weighted by atomic mass is 19.4. The molecule has 1 aromatic carbocycles. The number of hydrogen-bond acceptors (Lipinski definition) is 4. The van der Waals surface area contributed by atoms with Gasteiger partial charge >= 0.3 is 12.1 Å². The lowest BCUT2D eigenvalue weighted by atomic mass is 9.87. The van der Waals surface area contributed by atoms with Crippen LogP contribution in [0.4, 0.5) is 18.9 Å². The van der Waals surface area contributed by atoms with Gasteiger partial charge in [-0.25, -0.2) is 4.79 Å². The molecule has 1 heterocycles. The van der Waals surface area contributed by atoms with Gasteiger partial charge in [0.1, 0.15) is 0 Å². The van der Waals surface area contributed by atoms with Crippen molar-refractivity contribution in [1.82, 2.24) is 0 Å². The normalized spacial score (nSPS) is 22.0. The molecule has 1 saturated carbocycles. The van der Waals surface area contributed by atoms with Gasteiger partial charge in [-0.3, -0.25) is 5.73 Å². The van der Waals surface area contributed by atoms with Gasteiger partial charge in [-0.2, -0.15) is 13.2 Å². The molecule has 1 aliphatic carbocycles. The van der Waals surface area contributed by atoms with Gasteiger partial charge in [0, 0.05) is 17.6 Å². The largest absolute Gasteiger partial charge is 0.490 e. The molecule has 0 saturated heterocycles. The van der Waals surface area contributed by atoms with Crippen LogP contribution in [0.1, 0.15) is 32.3 Å². The predicted octanol–water partition coefficient (Wildman–Crippen LogP) is 2.95. The number of esters is 1. The van der Waals surface area contributed by atoms with Crippen LogP contribution in [0.15, 0.2) is 24.3 Å². The van der Waals surface area contributed by atoms with Gasteiger partial charge < -0.3 is 9.64 Å². The van der Waals surface area contributed by atoms with Gasteiger partial charge in [-0.05, 0) is 30.4 Å². The highest BCUT2D eigenvalue weighted by Gasteiger charge is 2.49. The number of alkyl halides is 3. The van der Waals surface area contributed by atoms with Crippen molar-refractivity contribution in [2.24, 2.45) is 11.7 Å². The van der Waals surface area contributed by atoms with E-state index in [1.807, 2.05) is 29.2 Å². The second-order valence-corrected chi connectivity index (χ2v) is 7.22. The number of nitrogens with zero attached hydrogens (tertiary/aromatic N) is 1. The minimum Gasteiger partial charge on any atom is -0.438 e. The summed E-state index contributed by atoms with van der Waals surface area (Å²) < 4.78 is 42.0. The highest BCUT2D eigenvalue weighted by molar-refractivity contribution is 5.76. The third-order valence-corrected chi connectivity index (χ3v) is 4.78. The van der Waals surface area contributed by atoms with Crippen LogP contribution in [-0.2, 0) is 14.9 Å². The van der Waals surface area contributed by atoms with E-state index < -0.39 is 24.4 Å². The van der Waals surface area contributed by atoms with Crippen molar-refractivity contribution in [3.05, 3.63) is 29.8 Å². The number of carbonyl (C=O) groups excluding carboxylic acids is 1.